The van der Waals surface area contributed by atoms with Gasteiger partial charge in [0.15, 0.2) is 5.78 Å². The van der Waals surface area contributed by atoms with Crippen LogP contribution in [0, 0.1) is 23.7 Å². The summed E-state index contributed by atoms with van der Waals surface area (Å²) in [4.78, 5) is 17.4. The van der Waals surface area contributed by atoms with Crippen LogP contribution in [-0.4, -0.2) is 5.78 Å². The summed E-state index contributed by atoms with van der Waals surface area (Å²) in [5, 5.41) is 10.7. The van der Waals surface area contributed by atoms with Crippen LogP contribution in [0.5, 0.6) is 0 Å². The average Bonchev–Trinajstić information content (AvgIpc) is 2.99. The minimum atomic E-state index is -0.438. The van der Waals surface area contributed by atoms with E-state index in [2.05, 4.69) is 35.8 Å². The van der Waals surface area contributed by atoms with Crippen LogP contribution in [-0.2, 0) is 4.79 Å². The van der Waals surface area contributed by atoms with Crippen molar-refractivity contribution in [3.8, 4) is 6.07 Å². The number of carbonyl (C=O) groups excluding carboxylic acids is 1. The van der Waals surface area contributed by atoms with Gasteiger partial charge in [-0.05, 0) is 65.0 Å². The Balaban J connectivity index is 2.00. The van der Waals surface area contributed by atoms with Gasteiger partial charge in [0.25, 0.3) is 0 Å². The molecule has 154 valence electrons. The fourth-order valence-electron chi connectivity index (χ4n) is 4.30. The van der Waals surface area contributed by atoms with Crippen molar-refractivity contribution in [1.82, 2.24) is 0 Å². The highest BCUT2D eigenvalue weighted by Gasteiger charge is 2.45. The van der Waals surface area contributed by atoms with E-state index >= 15 is 0 Å². The molecule has 0 amide bonds. The summed E-state index contributed by atoms with van der Waals surface area (Å²) in [5.74, 6) is 0.0102. The summed E-state index contributed by atoms with van der Waals surface area (Å²) >= 11 is 11.2. The number of allylic oxidation sites excluding steroid dienone is 3. The molecule has 0 saturated heterocycles. The Labute approximate surface area is 193 Å². The molecule has 7 heteroatoms. The van der Waals surface area contributed by atoms with E-state index in [9.17, 15) is 10.1 Å². The van der Waals surface area contributed by atoms with Crippen molar-refractivity contribution in [2.24, 2.45) is 11.1 Å². The highest BCUT2D eigenvalue weighted by Crippen LogP contribution is 2.51. The summed E-state index contributed by atoms with van der Waals surface area (Å²) in [5.41, 5.74) is 9.19. The van der Waals surface area contributed by atoms with Gasteiger partial charge in [-0.1, -0.05) is 25.4 Å². The average molecular weight is 503 g/mol. The van der Waals surface area contributed by atoms with Crippen molar-refractivity contribution >= 4 is 50.3 Å². The van der Waals surface area contributed by atoms with E-state index in [1.165, 1.54) is 0 Å². The van der Waals surface area contributed by atoms with E-state index in [1.807, 2.05) is 30.0 Å². The zero-order valence-electron chi connectivity index (χ0n) is 16.9. The SMILES string of the molecule is Cc1sc(C2C(C#N)=C(N)N(c3ccc(Cl)cc3)C3=C2C(=O)CC(C)(C)C3)cc1Br. The van der Waals surface area contributed by atoms with Crippen molar-refractivity contribution in [1.29, 1.82) is 5.26 Å². The Bertz CT molecular complexity index is 1130. The third kappa shape index (κ3) is 3.49. The Hall–Kier alpha value is -2.07. The fraction of sp³-hybridized carbons (Fsp3) is 0.304. The summed E-state index contributed by atoms with van der Waals surface area (Å²) in [6.45, 7) is 6.20. The van der Waals surface area contributed by atoms with Crippen molar-refractivity contribution in [2.75, 3.05) is 4.90 Å². The molecule has 1 unspecified atom stereocenters. The van der Waals surface area contributed by atoms with Crippen LogP contribution in [0.25, 0.3) is 0 Å². The second kappa shape index (κ2) is 7.56. The largest absolute Gasteiger partial charge is 0.384 e. The van der Waals surface area contributed by atoms with Crippen LogP contribution in [0.3, 0.4) is 0 Å². The molecule has 4 rings (SSSR count). The molecule has 2 N–H and O–H groups in total. The zero-order valence-corrected chi connectivity index (χ0v) is 20.1. The van der Waals surface area contributed by atoms with Gasteiger partial charge in [0.1, 0.15) is 5.82 Å². The van der Waals surface area contributed by atoms with Gasteiger partial charge in [0.05, 0.1) is 17.6 Å². The number of nitrogens with two attached hydrogens (primary N) is 1. The molecule has 30 heavy (non-hydrogen) atoms. The third-order valence-electron chi connectivity index (χ3n) is 5.63. The second-order valence-electron chi connectivity index (χ2n) is 8.51. The molecule has 1 aromatic heterocycles. The molecule has 2 aliphatic rings. The van der Waals surface area contributed by atoms with Crippen LogP contribution in [0.4, 0.5) is 5.69 Å². The zero-order chi connectivity index (χ0) is 21.8. The van der Waals surface area contributed by atoms with Gasteiger partial charge in [0.2, 0.25) is 0 Å². The second-order valence-corrected chi connectivity index (χ2v) is 11.1. The Morgan fingerprint density at radius 1 is 1.30 bits per heavy atom. The third-order valence-corrected chi connectivity index (χ3v) is 8.08. The molecule has 1 aromatic carbocycles. The first-order chi connectivity index (χ1) is 14.1. The standard InChI is InChI=1S/C23H21BrClN3OS/c1-12-16(24)8-19(30-12)20-15(11-26)22(27)28(14-6-4-13(25)5-7-14)17-9-23(2,3)10-18(29)21(17)20/h4-8,20H,9-10,27H2,1-3H3. The van der Waals surface area contributed by atoms with E-state index in [0.29, 0.717) is 34.8 Å². The van der Waals surface area contributed by atoms with E-state index in [1.54, 1.807) is 23.5 Å². The molecule has 2 heterocycles. The van der Waals surface area contributed by atoms with E-state index in [0.717, 1.165) is 25.6 Å². The molecule has 2 aromatic rings. The molecular formula is C23H21BrClN3OS. The number of Topliss-reactive ketones (excluding diaryl/α,β-unsaturated/α-hetero) is 1. The lowest BCUT2D eigenvalue weighted by atomic mass is 9.69. The highest BCUT2D eigenvalue weighted by molar-refractivity contribution is 9.10. The summed E-state index contributed by atoms with van der Waals surface area (Å²) < 4.78 is 0.976. The van der Waals surface area contributed by atoms with Crippen LogP contribution in [0.2, 0.25) is 5.02 Å². The number of aryl methyl sites for hydroxylation is 1. The molecule has 0 bridgehead atoms. The normalized spacial score (nSPS) is 21.0. The summed E-state index contributed by atoms with van der Waals surface area (Å²) in [6.07, 6.45) is 1.14. The van der Waals surface area contributed by atoms with Gasteiger partial charge >= 0.3 is 0 Å². The van der Waals surface area contributed by atoms with Crippen molar-refractivity contribution in [2.45, 2.75) is 39.5 Å². The molecule has 0 fully saturated rings. The molecule has 1 aliphatic carbocycles. The van der Waals surface area contributed by atoms with Crippen LogP contribution < -0.4 is 10.6 Å². The number of carbonyl (C=O) groups is 1. The predicted molar refractivity (Wildman–Crippen MR) is 125 cm³/mol. The smallest absolute Gasteiger partial charge is 0.162 e. The first-order valence-corrected chi connectivity index (χ1v) is 11.6. The molecule has 0 saturated carbocycles. The first kappa shape index (κ1) is 21.2. The number of ketones is 1. The lowest BCUT2D eigenvalue weighted by Gasteiger charge is -2.43. The Kier molecular flexibility index (Phi) is 5.34. The monoisotopic (exact) mass is 501 g/mol. The van der Waals surface area contributed by atoms with Crippen molar-refractivity contribution in [3.05, 3.63) is 72.2 Å². The number of hydrogen-bond donors (Lipinski definition) is 1. The fourth-order valence-corrected chi connectivity index (χ4v) is 6.11. The van der Waals surface area contributed by atoms with Gasteiger partial charge in [-0.15, -0.1) is 11.3 Å². The van der Waals surface area contributed by atoms with Gasteiger partial charge < -0.3 is 5.73 Å². The van der Waals surface area contributed by atoms with Crippen molar-refractivity contribution < 1.29 is 4.79 Å². The number of hydrogen-bond acceptors (Lipinski definition) is 5. The maximum atomic E-state index is 13.4. The van der Waals surface area contributed by atoms with Crippen LogP contribution >= 0.6 is 38.9 Å². The maximum absolute atomic E-state index is 13.4. The molecule has 4 nitrogen and oxygen atoms in total. The Morgan fingerprint density at radius 3 is 2.53 bits per heavy atom. The minimum absolute atomic E-state index is 0.0765. The molecule has 0 spiro atoms. The van der Waals surface area contributed by atoms with E-state index in [4.69, 9.17) is 17.3 Å². The number of benzene rings is 1. The number of nitriles is 1. The van der Waals surface area contributed by atoms with Gasteiger partial charge in [-0.3, -0.25) is 9.69 Å². The van der Waals surface area contributed by atoms with Gasteiger partial charge in [-0.25, -0.2) is 0 Å². The molecular weight excluding hydrogens is 482 g/mol. The van der Waals surface area contributed by atoms with Gasteiger partial charge in [-0.2, -0.15) is 5.26 Å². The lowest BCUT2D eigenvalue weighted by Crippen LogP contribution is -2.42. The number of halogens is 2. The number of nitrogens with zero attached hydrogens (tertiary/aromatic N) is 2. The van der Waals surface area contributed by atoms with Gasteiger partial charge in [0, 0.05) is 42.6 Å². The molecule has 1 aliphatic heterocycles. The Morgan fingerprint density at radius 2 is 1.97 bits per heavy atom. The highest BCUT2D eigenvalue weighted by atomic mass is 79.9. The van der Waals surface area contributed by atoms with Crippen molar-refractivity contribution in [3.63, 3.8) is 0 Å². The quantitative estimate of drug-likeness (QED) is 0.515. The maximum Gasteiger partial charge on any atom is 0.162 e. The molecule has 0 radical (unpaired) electrons. The predicted octanol–water partition coefficient (Wildman–Crippen LogP) is 6.41. The van der Waals surface area contributed by atoms with E-state index in [-0.39, 0.29) is 11.2 Å². The lowest BCUT2D eigenvalue weighted by molar-refractivity contribution is -0.118. The first-order valence-electron chi connectivity index (χ1n) is 9.60. The summed E-state index contributed by atoms with van der Waals surface area (Å²) in [7, 11) is 0. The van der Waals surface area contributed by atoms with Crippen LogP contribution in [0.1, 0.15) is 42.4 Å². The van der Waals surface area contributed by atoms with E-state index < -0.39 is 5.92 Å². The minimum Gasteiger partial charge on any atom is -0.384 e. The summed E-state index contributed by atoms with van der Waals surface area (Å²) in [6, 6.07) is 11.6. The number of anilines is 1. The number of rotatable bonds is 2. The topological polar surface area (TPSA) is 70.1 Å². The van der Waals surface area contributed by atoms with Crippen LogP contribution in [0.15, 0.2) is 57.5 Å². The number of thiophene rings is 1. The molecule has 1 atom stereocenters.